The van der Waals surface area contributed by atoms with Crippen molar-refractivity contribution in [3.63, 3.8) is 0 Å². The van der Waals surface area contributed by atoms with E-state index in [0.717, 1.165) is 0 Å². The molecule has 0 radical (unpaired) electrons. The van der Waals surface area contributed by atoms with E-state index in [9.17, 15) is 0 Å². The molecule has 64 valence electrons. The predicted octanol–water partition coefficient (Wildman–Crippen LogP) is 1.59. The van der Waals surface area contributed by atoms with Crippen LogP contribution in [0.15, 0.2) is 21.9 Å². The highest BCUT2D eigenvalue weighted by atomic mass is 79.9. The number of hydrogen-bond acceptors (Lipinski definition) is 3. The van der Waals surface area contributed by atoms with E-state index in [1.54, 1.807) is 6.07 Å². The number of nitrogens with two attached hydrogens (primary N) is 1. The third kappa shape index (κ3) is 1.86. The van der Waals surface area contributed by atoms with Crippen LogP contribution < -0.4 is 5.73 Å². The van der Waals surface area contributed by atoms with Crippen LogP contribution in [-0.4, -0.2) is 16.0 Å². The molecule has 12 heavy (non-hydrogen) atoms. The van der Waals surface area contributed by atoms with Gasteiger partial charge in [-0.25, -0.2) is 4.98 Å². The Morgan fingerprint density at radius 2 is 2.42 bits per heavy atom. The molecule has 0 aromatic carbocycles. The van der Waals surface area contributed by atoms with Crippen molar-refractivity contribution in [3.8, 4) is 0 Å². The van der Waals surface area contributed by atoms with Gasteiger partial charge in [-0.1, -0.05) is 16.8 Å². The Hall–Kier alpha value is -0.810. The summed E-state index contributed by atoms with van der Waals surface area (Å²) in [7, 11) is 0. The van der Waals surface area contributed by atoms with Gasteiger partial charge in [-0.2, -0.15) is 0 Å². The largest absolute Gasteiger partial charge is 0.409 e. The topological polar surface area (TPSA) is 71.5 Å². The molecule has 0 bridgehead atoms. The maximum atomic E-state index is 8.36. The van der Waals surface area contributed by atoms with Crippen molar-refractivity contribution in [1.29, 1.82) is 0 Å². The van der Waals surface area contributed by atoms with Crippen LogP contribution in [0.4, 0.5) is 0 Å². The van der Waals surface area contributed by atoms with Crippen LogP contribution in [0.5, 0.6) is 0 Å². The number of halogens is 2. The molecule has 0 unspecified atom stereocenters. The van der Waals surface area contributed by atoms with Crippen LogP contribution in [0, 0.1) is 0 Å². The van der Waals surface area contributed by atoms with Gasteiger partial charge in [0.15, 0.2) is 5.84 Å². The molecule has 6 heteroatoms. The summed E-state index contributed by atoms with van der Waals surface area (Å²) in [5, 5.41) is 11.4. The normalized spacial score (nSPS) is 11.7. The van der Waals surface area contributed by atoms with E-state index in [4.69, 9.17) is 22.5 Å². The molecular formula is C6H5BrClN3O. The summed E-state index contributed by atoms with van der Waals surface area (Å²) in [6.45, 7) is 0. The number of hydrogen-bond donors (Lipinski definition) is 2. The van der Waals surface area contributed by atoms with Crippen molar-refractivity contribution in [2.45, 2.75) is 0 Å². The number of aromatic nitrogens is 1. The van der Waals surface area contributed by atoms with Crippen LogP contribution in [0.1, 0.15) is 5.56 Å². The van der Waals surface area contributed by atoms with Crippen LogP contribution in [0.3, 0.4) is 0 Å². The van der Waals surface area contributed by atoms with E-state index >= 15 is 0 Å². The van der Waals surface area contributed by atoms with Gasteiger partial charge in [0.05, 0.1) is 5.56 Å². The zero-order valence-electron chi connectivity index (χ0n) is 5.83. The first-order valence-electron chi connectivity index (χ1n) is 2.94. The van der Waals surface area contributed by atoms with E-state index < -0.39 is 0 Å². The predicted molar refractivity (Wildman–Crippen MR) is 49.5 cm³/mol. The van der Waals surface area contributed by atoms with Gasteiger partial charge in [-0.3, -0.25) is 0 Å². The third-order valence-corrected chi connectivity index (χ3v) is 1.92. The van der Waals surface area contributed by atoms with E-state index in [1.807, 2.05) is 0 Å². The molecule has 0 amide bonds. The standard InChI is InChI=1S/C6H5BrClN3O/c7-3-1-4(6(9)11-12)5(8)10-2-3/h1-2,12H,(H2,9,11). The molecule has 3 N–H and O–H groups in total. The summed E-state index contributed by atoms with van der Waals surface area (Å²) >= 11 is 8.85. The first-order chi connectivity index (χ1) is 5.65. The minimum absolute atomic E-state index is 0.0613. The molecule has 0 aliphatic rings. The first kappa shape index (κ1) is 9.28. The molecule has 0 aliphatic carbocycles. The first-order valence-corrected chi connectivity index (χ1v) is 4.11. The number of nitrogens with zero attached hydrogens (tertiary/aromatic N) is 2. The summed E-state index contributed by atoms with van der Waals surface area (Å²) < 4.78 is 0.716. The Labute approximate surface area is 82.2 Å². The summed E-state index contributed by atoms with van der Waals surface area (Å²) in [6.07, 6.45) is 1.52. The quantitative estimate of drug-likeness (QED) is 0.261. The van der Waals surface area contributed by atoms with Gasteiger partial charge in [-0.15, -0.1) is 0 Å². The van der Waals surface area contributed by atoms with E-state index in [-0.39, 0.29) is 11.0 Å². The van der Waals surface area contributed by atoms with Crippen molar-refractivity contribution in [2.24, 2.45) is 10.9 Å². The molecular weight excluding hydrogens is 245 g/mol. The fourth-order valence-corrected chi connectivity index (χ4v) is 1.19. The summed E-state index contributed by atoms with van der Waals surface area (Å²) in [6, 6.07) is 1.62. The van der Waals surface area contributed by atoms with E-state index in [2.05, 4.69) is 26.1 Å². The van der Waals surface area contributed by atoms with Crippen LogP contribution >= 0.6 is 27.5 Å². The van der Waals surface area contributed by atoms with Crippen molar-refractivity contribution in [3.05, 3.63) is 27.5 Å². The Bertz CT molecular complexity index is 329. The van der Waals surface area contributed by atoms with Crippen molar-refractivity contribution in [2.75, 3.05) is 0 Å². The van der Waals surface area contributed by atoms with Gasteiger partial charge in [0.2, 0.25) is 0 Å². The minimum Gasteiger partial charge on any atom is -0.409 e. The van der Waals surface area contributed by atoms with Crippen molar-refractivity contribution in [1.82, 2.24) is 4.98 Å². The average molecular weight is 250 g/mol. The van der Waals surface area contributed by atoms with Gasteiger partial charge in [-0.05, 0) is 22.0 Å². The maximum Gasteiger partial charge on any atom is 0.173 e. The molecule has 0 atom stereocenters. The van der Waals surface area contributed by atoms with Gasteiger partial charge < -0.3 is 10.9 Å². The van der Waals surface area contributed by atoms with Gasteiger partial charge >= 0.3 is 0 Å². The fourth-order valence-electron chi connectivity index (χ4n) is 0.656. The Kier molecular flexibility index (Phi) is 2.88. The molecule has 0 saturated heterocycles. The number of oxime groups is 1. The molecule has 1 rings (SSSR count). The minimum atomic E-state index is -0.0613. The SMILES string of the molecule is N/C(=N\O)c1cc(Br)cnc1Cl. The van der Waals surface area contributed by atoms with E-state index in [1.165, 1.54) is 6.20 Å². The zero-order valence-corrected chi connectivity index (χ0v) is 8.17. The highest BCUT2D eigenvalue weighted by Gasteiger charge is 2.06. The lowest BCUT2D eigenvalue weighted by molar-refractivity contribution is 0.318. The molecule has 1 heterocycles. The molecule has 0 aliphatic heterocycles. The van der Waals surface area contributed by atoms with Crippen molar-refractivity contribution < 1.29 is 5.21 Å². The fraction of sp³-hybridized carbons (Fsp3) is 0. The summed E-state index contributed by atoms with van der Waals surface area (Å²) in [4.78, 5) is 3.79. The van der Waals surface area contributed by atoms with Crippen LogP contribution in [-0.2, 0) is 0 Å². The van der Waals surface area contributed by atoms with Gasteiger partial charge in [0, 0.05) is 10.7 Å². The lowest BCUT2D eigenvalue weighted by atomic mass is 10.3. The molecule has 0 fully saturated rings. The third-order valence-electron chi connectivity index (χ3n) is 1.19. The highest BCUT2D eigenvalue weighted by molar-refractivity contribution is 9.10. The highest BCUT2D eigenvalue weighted by Crippen LogP contribution is 2.17. The lowest BCUT2D eigenvalue weighted by Crippen LogP contribution is -2.14. The second-order valence-corrected chi connectivity index (χ2v) is 3.25. The summed E-state index contributed by atoms with van der Waals surface area (Å²) in [5.74, 6) is -0.0613. The molecule has 1 aromatic rings. The Morgan fingerprint density at radius 3 is 3.00 bits per heavy atom. The maximum absolute atomic E-state index is 8.36. The van der Waals surface area contributed by atoms with Crippen LogP contribution in [0.25, 0.3) is 0 Å². The van der Waals surface area contributed by atoms with Gasteiger partial charge in [0.1, 0.15) is 5.15 Å². The molecule has 0 spiro atoms. The van der Waals surface area contributed by atoms with Gasteiger partial charge in [0.25, 0.3) is 0 Å². The number of rotatable bonds is 1. The zero-order chi connectivity index (χ0) is 9.14. The average Bonchev–Trinajstić information content (AvgIpc) is 2.08. The second-order valence-electron chi connectivity index (χ2n) is 1.98. The Morgan fingerprint density at radius 1 is 1.75 bits per heavy atom. The number of pyridine rings is 1. The van der Waals surface area contributed by atoms with Crippen molar-refractivity contribution >= 4 is 33.4 Å². The molecule has 1 aromatic heterocycles. The summed E-state index contributed by atoms with van der Waals surface area (Å²) in [5.41, 5.74) is 5.72. The lowest BCUT2D eigenvalue weighted by Gasteiger charge is -2.00. The molecule has 4 nitrogen and oxygen atoms in total. The van der Waals surface area contributed by atoms with Crippen LogP contribution in [0.2, 0.25) is 5.15 Å². The van der Waals surface area contributed by atoms with E-state index in [0.29, 0.717) is 10.0 Å². The Balaban J connectivity index is 3.23. The molecule has 0 saturated carbocycles. The number of amidine groups is 1. The monoisotopic (exact) mass is 249 g/mol. The second kappa shape index (κ2) is 3.73. The smallest absolute Gasteiger partial charge is 0.173 e.